The molecule has 0 spiro atoms. The zero-order chi connectivity index (χ0) is 24.0. The maximum absolute atomic E-state index is 14.2. The summed E-state index contributed by atoms with van der Waals surface area (Å²) in [5.74, 6) is -1.74. The van der Waals surface area contributed by atoms with Gasteiger partial charge in [-0.05, 0) is 59.5 Å². The minimum atomic E-state index is -0.721. The van der Waals surface area contributed by atoms with Crippen LogP contribution in [0, 0.1) is 23.4 Å². The third-order valence-electron chi connectivity index (χ3n) is 6.96. The molecule has 2 aliphatic rings. The highest BCUT2D eigenvalue weighted by atomic mass is 19.1. The number of carbonyl (C=O) groups excluding carboxylic acids is 1. The van der Waals surface area contributed by atoms with Gasteiger partial charge in [-0.25, -0.2) is 18.0 Å². The summed E-state index contributed by atoms with van der Waals surface area (Å²) in [5.41, 5.74) is 3.26. The Hall–Kier alpha value is -3.52. The SMILES string of the molecule is CN1c2ccc(-c3ccc(F)cc3)cc2[C@H]2[C@H](CCN2C(=O)Nc2cc(F)ccc2F)[C@H]1CO. The number of aliphatic hydroxyl groups is 1. The van der Waals surface area contributed by atoms with Crippen molar-refractivity contribution in [1.29, 1.82) is 0 Å². The van der Waals surface area contributed by atoms with Gasteiger partial charge in [0.25, 0.3) is 0 Å². The molecule has 34 heavy (non-hydrogen) atoms. The molecule has 0 aliphatic carbocycles. The lowest BCUT2D eigenvalue weighted by Crippen LogP contribution is -2.48. The Morgan fingerprint density at radius 2 is 1.71 bits per heavy atom. The van der Waals surface area contributed by atoms with E-state index in [0.717, 1.165) is 40.6 Å². The highest BCUT2D eigenvalue weighted by molar-refractivity contribution is 5.90. The fourth-order valence-electron chi connectivity index (χ4n) is 5.28. The topological polar surface area (TPSA) is 55.8 Å². The van der Waals surface area contributed by atoms with E-state index >= 15 is 0 Å². The van der Waals surface area contributed by atoms with Gasteiger partial charge in [-0.3, -0.25) is 0 Å². The number of nitrogens with one attached hydrogen (secondary N) is 1. The second-order valence-electron chi connectivity index (χ2n) is 8.79. The summed E-state index contributed by atoms with van der Waals surface area (Å²) in [6.07, 6.45) is 0.652. The van der Waals surface area contributed by atoms with Gasteiger partial charge >= 0.3 is 6.03 Å². The Bertz CT molecular complexity index is 1230. The molecule has 0 saturated carbocycles. The molecule has 5 rings (SSSR count). The molecule has 2 N–H and O–H groups in total. The van der Waals surface area contributed by atoms with Crippen LogP contribution in [-0.4, -0.2) is 42.3 Å². The quantitative estimate of drug-likeness (QED) is 0.558. The number of fused-ring (bicyclic) bond motifs is 3. The molecule has 5 nitrogen and oxygen atoms in total. The predicted octanol–water partition coefficient (Wildman–Crippen LogP) is 5.18. The van der Waals surface area contributed by atoms with Crippen molar-refractivity contribution >= 4 is 17.4 Å². The van der Waals surface area contributed by atoms with Gasteiger partial charge in [0.05, 0.1) is 24.4 Å². The molecule has 0 aromatic heterocycles. The van der Waals surface area contributed by atoms with Gasteiger partial charge in [0.2, 0.25) is 0 Å². The van der Waals surface area contributed by atoms with E-state index in [0.29, 0.717) is 13.0 Å². The molecule has 3 aromatic rings. The summed E-state index contributed by atoms with van der Waals surface area (Å²) in [6, 6.07) is 13.9. The smallest absolute Gasteiger partial charge is 0.322 e. The summed E-state index contributed by atoms with van der Waals surface area (Å²) >= 11 is 0. The average molecular weight is 467 g/mol. The highest BCUT2D eigenvalue weighted by Gasteiger charge is 2.47. The molecular formula is C26H24F3N3O2. The van der Waals surface area contributed by atoms with E-state index in [1.807, 2.05) is 30.1 Å². The third kappa shape index (κ3) is 3.77. The lowest BCUT2D eigenvalue weighted by atomic mass is 9.81. The van der Waals surface area contributed by atoms with Crippen LogP contribution in [0.4, 0.5) is 29.3 Å². The van der Waals surface area contributed by atoms with Crippen molar-refractivity contribution < 1.29 is 23.1 Å². The van der Waals surface area contributed by atoms with Crippen molar-refractivity contribution in [3.63, 3.8) is 0 Å². The van der Waals surface area contributed by atoms with Crippen LogP contribution in [0.1, 0.15) is 18.0 Å². The van der Waals surface area contributed by atoms with Crippen molar-refractivity contribution in [2.24, 2.45) is 5.92 Å². The predicted molar refractivity (Wildman–Crippen MR) is 124 cm³/mol. The van der Waals surface area contributed by atoms with Gasteiger partial charge in [-0.1, -0.05) is 18.2 Å². The van der Waals surface area contributed by atoms with Crippen LogP contribution >= 0.6 is 0 Å². The minimum absolute atomic E-state index is 0.0472. The molecule has 0 bridgehead atoms. The highest BCUT2D eigenvalue weighted by Crippen LogP contribution is 2.49. The van der Waals surface area contributed by atoms with E-state index in [1.54, 1.807) is 17.0 Å². The molecular weight excluding hydrogens is 443 g/mol. The lowest BCUT2D eigenvalue weighted by Gasteiger charge is -2.44. The van der Waals surface area contributed by atoms with Gasteiger partial charge in [0.1, 0.15) is 17.5 Å². The van der Waals surface area contributed by atoms with Crippen LogP contribution in [-0.2, 0) is 0 Å². The van der Waals surface area contributed by atoms with Crippen molar-refractivity contribution in [2.75, 3.05) is 30.4 Å². The van der Waals surface area contributed by atoms with Gasteiger partial charge in [-0.15, -0.1) is 0 Å². The molecule has 3 aromatic carbocycles. The molecule has 3 atom stereocenters. The van der Waals surface area contributed by atoms with E-state index in [4.69, 9.17) is 0 Å². The first-order valence-electron chi connectivity index (χ1n) is 11.1. The van der Waals surface area contributed by atoms with Crippen LogP contribution in [0.3, 0.4) is 0 Å². The van der Waals surface area contributed by atoms with Crippen LogP contribution in [0.25, 0.3) is 11.1 Å². The van der Waals surface area contributed by atoms with Crippen LogP contribution in [0.15, 0.2) is 60.7 Å². The monoisotopic (exact) mass is 467 g/mol. The molecule has 2 amide bonds. The number of amides is 2. The van der Waals surface area contributed by atoms with E-state index < -0.39 is 17.7 Å². The van der Waals surface area contributed by atoms with Crippen molar-refractivity contribution in [2.45, 2.75) is 18.5 Å². The maximum Gasteiger partial charge on any atom is 0.322 e. The number of rotatable bonds is 3. The van der Waals surface area contributed by atoms with Crippen LogP contribution < -0.4 is 10.2 Å². The van der Waals surface area contributed by atoms with Gasteiger partial charge in [0.15, 0.2) is 0 Å². The molecule has 1 fully saturated rings. The number of hydrogen-bond acceptors (Lipinski definition) is 3. The number of nitrogens with zero attached hydrogens (tertiary/aromatic N) is 2. The van der Waals surface area contributed by atoms with E-state index in [1.165, 1.54) is 12.1 Å². The first kappa shape index (κ1) is 22.3. The Balaban J connectivity index is 1.54. The van der Waals surface area contributed by atoms with Crippen LogP contribution in [0.2, 0.25) is 0 Å². The van der Waals surface area contributed by atoms with E-state index in [-0.39, 0.29) is 36.1 Å². The third-order valence-corrected chi connectivity index (χ3v) is 6.96. The number of halogens is 3. The van der Waals surface area contributed by atoms with Crippen molar-refractivity contribution in [3.05, 3.63) is 83.7 Å². The molecule has 1 saturated heterocycles. The largest absolute Gasteiger partial charge is 0.394 e. The van der Waals surface area contributed by atoms with E-state index in [9.17, 15) is 23.1 Å². The zero-order valence-electron chi connectivity index (χ0n) is 18.5. The lowest BCUT2D eigenvalue weighted by molar-refractivity contribution is 0.168. The number of urea groups is 1. The first-order valence-corrected chi connectivity index (χ1v) is 11.1. The summed E-state index contributed by atoms with van der Waals surface area (Å²) in [5, 5.41) is 12.6. The van der Waals surface area contributed by atoms with Gasteiger partial charge in [-0.2, -0.15) is 0 Å². The Kier molecular flexibility index (Phi) is 5.69. The number of aliphatic hydroxyl groups excluding tert-OH is 1. The summed E-state index contributed by atoms with van der Waals surface area (Å²) in [6.45, 7) is 0.327. The Morgan fingerprint density at radius 1 is 1.00 bits per heavy atom. The molecule has 176 valence electrons. The second-order valence-corrected chi connectivity index (χ2v) is 8.79. The van der Waals surface area contributed by atoms with Crippen molar-refractivity contribution in [1.82, 2.24) is 4.90 Å². The molecule has 0 radical (unpaired) electrons. The number of benzene rings is 3. The average Bonchev–Trinajstić information content (AvgIpc) is 3.27. The fourth-order valence-corrected chi connectivity index (χ4v) is 5.28. The summed E-state index contributed by atoms with van der Waals surface area (Å²) in [7, 11) is 1.92. The standard InChI is InChI=1S/C26H24F3N3O2/c1-31-23-9-4-16(15-2-5-17(27)6-3-15)12-20(23)25-19(24(31)14-33)10-11-32(25)26(34)30-22-13-18(28)7-8-21(22)29/h2-9,12-13,19,24-25,33H,10-11,14H2,1H3,(H,30,34)/t19-,24-,25-/m1/s1. The normalized spacial score (nSPS) is 21.3. The number of likely N-dealkylation sites (tertiary alicyclic amines) is 1. The Morgan fingerprint density at radius 3 is 2.44 bits per heavy atom. The fraction of sp³-hybridized carbons (Fsp3) is 0.269. The summed E-state index contributed by atoms with van der Waals surface area (Å²) < 4.78 is 41.2. The second kappa shape index (κ2) is 8.68. The molecule has 2 heterocycles. The number of hydrogen-bond donors (Lipinski definition) is 2. The minimum Gasteiger partial charge on any atom is -0.394 e. The van der Waals surface area contributed by atoms with E-state index in [2.05, 4.69) is 5.32 Å². The first-order chi connectivity index (χ1) is 16.4. The Labute approximate surface area is 195 Å². The number of anilines is 2. The van der Waals surface area contributed by atoms with Gasteiger partial charge in [0, 0.05) is 31.3 Å². The molecule has 2 aliphatic heterocycles. The molecule has 8 heteroatoms. The summed E-state index contributed by atoms with van der Waals surface area (Å²) in [4.78, 5) is 16.9. The van der Waals surface area contributed by atoms with Crippen molar-refractivity contribution in [3.8, 4) is 11.1 Å². The van der Waals surface area contributed by atoms with Gasteiger partial charge < -0.3 is 20.2 Å². The maximum atomic E-state index is 14.2. The number of likely N-dealkylation sites (N-methyl/N-ethyl adjacent to an activating group) is 1. The molecule has 0 unspecified atom stereocenters. The zero-order valence-corrected chi connectivity index (χ0v) is 18.5. The van der Waals surface area contributed by atoms with Crippen LogP contribution in [0.5, 0.6) is 0 Å². The number of carbonyl (C=O) groups is 1.